The van der Waals surface area contributed by atoms with Crippen molar-refractivity contribution < 1.29 is 9.31 Å². The second-order valence-electron chi connectivity index (χ2n) is 5.44. The van der Waals surface area contributed by atoms with E-state index >= 15 is 0 Å². The molecule has 1 atom stereocenters. The van der Waals surface area contributed by atoms with Crippen molar-refractivity contribution in [1.29, 1.82) is 0 Å². The first-order valence-electron chi connectivity index (χ1n) is 6.88. The summed E-state index contributed by atoms with van der Waals surface area (Å²) in [7, 11) is 1.92. The Morgan fingerprint density at radius 2 is 2.35 bits per heavy atom. The molecular weight excluding hydrogens is 261 g/mol. The molecule has 0 radical (unpaired) electrons. The Morgan fingerprint density at radius 3 is 3.00 bits per heavy atom. The van der Waals surface area contributed by atoms with Gasteiger partial charge in [0, 0.05) is 24.7 Å². The summed E-state index contributed by atoms with van der Waals surface area (Å²) < 4.78 is 13.3. The molecule has 20 heavy (non-hydrogen) atoms. The van der Waals surface area contributed by atoms with Gasteiger partial charge in [-0.25, -0.2) is 4.39 Å². The lowest BCUT2D eigenvalue weighted by Crippen LogP contribution is -2.36. The zero-order valence-electron chi connectivity index (χ0n) is 11.6. The molecule has 1 heterocycles. The maximum Gasteiger partial charge on any atom is 0.274 e. The zero-order chi connectivity index (χ0) is 14.5. The van der Waals surface area contributed by atoms with E-state index in [4.69, 9.17) is 0 Å². The van der Waals surface area contributed by atoms with Crippen LogP contribution < -0.4 is 5.32 Å². The summed E-state index contributed by atoms with van der Waals surface area (Å²) in [5, 5.41) is 14.3. The minimum absolute atomic E-state index is 0.0139. The molecule has 1 fully saturated rings. The van der Waals surface area contributed by atoms with E-state index in [0.29, 0.717) is 18.0 Å². The molecule has 0 bridgehead atoms. The molecule has 110 valence electrons. The molecular formula is C14H20FN3O2. The number of nitrogens with zero attached hydrogens (tertiary/aromatic N) is 2. The van der Waals surface area contributed by atoms with E-state index in [0.717, 1.165) is 25.7 Å². The fraction of sp³-hybridized carbons (Fsp3) is 0.571. The molecule has 1 N–H and O–H groups in total. The molecule has 1 aromatic rings. The molecule has 0 aliphatic carbocycles. The highest BCUT2D eigenvalue weighted by Gasteiger charge is 2.19. The van der Waals surface area contributed by atoms with Crippen molar-refractivity contribution in [2.45, 2.75) is 19.4 Å². The Morgan fingerprint density at radius 1 is 1.55 bits per heavy atom. The molecule has 0 spiro atoms. The van der Waals surface area contributed by atoms with Crippen LogP contribution in [-0.4, -0.2) is 36.5 Å². The Bertz CT molecular complexity index is 475. The average molecular weight is 281 g/mol. The van der Waals surface area contributed by atoms with Gasteiger partial charge in [0.1, 0.15) is 5.82 Å². The van der Waals surface area contributed by atoms with Crippen LogP contribution in [0.25, 0.3) is 0 Å². The van der Waals surface area contributed by atoms with E-state index in [9.17, 15) is 14.5 Å². The van der Waals surface area contributed by atoms with E-state index in [-0.39, 0.29) is 5.69 Å². The molecule has 1 unspecified atom stereocenters. The van der Waals surface area contributed by atoms with Gasteiger partial charge in [-0.3, -0.25) is 10.1 Å². The van der Waals surface area contributed by atoms with Gasteiger partial charge in [0.2, 0.25) is 0 Å². The lowest BCUT2D eigenvalue weighted by atomic mass is 9.99. The molecule has 0 saturated carbocycles. The maximum atomic E-state index is 13.3. The summed E-state index contributed by atoms with van der Waals surface area (Å²) in [6.07, 6.45) is 2.33. The number of hydrogen-bond donors (Lipinski definition) is 1. The third-order valence-corrected chi connectivity index (χ3v) is 3.65. The molecule has 0 aromatic heterocycles. The van der Waals surface area contributed by atoms with Gasteiger partial charge >= 0.3 is 0 Å². The largest absolute Gasteiger partial charge is 0.316 e. The van der Waals surface area contributed by atoms with E-state index in [1.54, 1.807) is 0 Å². The van der Waals surface area contributed by atoms with Crippen molar-refractivity contribution >= 4 is 5.69 Å². The van der Waals surface area contributed by atoms with Gasteiger partial charge in [-0.2, -0.15) is 0 Å². The molecule has 0 amide bonds. The number of hydrogen-bond acceptors (Lipinski definition) is 4. The smallest absolute Gasteiger partial charge is 0.274 e. The Kier molecular flexibility index (Phi) is 5.03. The number of nitro benzene ring substituents is 1. The van der Waals surface area contributed by atoms with E-state index in [1.807, 2.05) is 11.9 Å². The second-order valence-corrected chi connectivity index (χ2v) is 5.44. The van der Waals surface area contributed by atoms with Crippen molar-refractivity contribution in [2.75, 3.05) is 26.7 Å². The molecule has 2 rings (SSSR count). The van der Waals surface area contributed by atoms with Crippen LogP contribution in [0.3, 0.4) is 0 Å². The number of piperidine rings is 1. The van der Waals surface area contributed by atoms with Crippen molar-refractivity contribution in [1.82, 2.24) is 10.2 Å². The van der Waals surface area contributed by atoms with Crippen molar-refractivity contribution in [3.8, 4) is 0 Å². The van der Waals surface area contributed by atoms with E-state index < -0.39 is 10.7 Å². The summed E-state index contributed by atoms with van der Waals surface area (Å²) in [4.78, 5) is 12.5. The molecule has 1 aliphatic heterocycles. The summed E-state index contributed by atoms with van der Waals surface area (Å²) in [6.45, 7) is 3.30. The summed E-state index contributed by atoms with van der Waals surface area (Å²) >= 11 is 0. The Labute approximate surface area is 117 Å². The molecule has 5 nitrogen and oxygen atoms in total. The average Bonchev–Trinajstić information content (AvgIpc) is 2.39. The lowest BCUT2D eigenvalue weighted by Gasteiger charge is -2.27. The zero-order valence-corrected chi connectivity index (χ0v) is 11.6. The van der Waals surface area contributed by atoms with Gasteiger partial charge in [0.05, 0.1) is 4.92 Å². The Hall–Kier alpha value is -1.53. The van der Waals surface area contributed by atoms with E-state index in [2.05, 4.69) is 5.32 Å². The lowest BCUT2D eigenvalue weighted by molar-refractivity contribution is -0.385. The molecule has 1 aliphatic rings. The minimum atomic E-state index is -0.454. The predicted molar refractivity (Wildman–Crippen MR) is 75.0 cm³/mol. The van der Waals surface area contributed by atoms with Crippen molar-refractivity contribution in [2.24, 2.45) is 5.92 Å². The van der Waals surface area contributed by atoms with Gasteiger partial charge in [-0.05, 0) is 51.0 Å². The normalized spacial score (nSPS) is 19.2. The van der Waals surface area contributed by atoms with Gasteiger partial charge in [-0.1, -0.05) is 0 Å². The van der Waals surface area contributed by atoms with Gasteiger partial charge in [0.25, 0.3) is 5.69 Å². The summed E-state index contributed by atoms with van der Waals surface area (Å²) in [5.41, 5.74) is 0.418. The van der Waals surface area contributed by atoms with Gasteiger partial charge < -0.3 is 10.2 Å². The van der Waals surface area contributed by atoms with Gasteiger partial charge in [-0.15, -0.1) is 0 Å². The number of nitro groups is 1. The highest BCUT2D eigenvalue weighted by molar-refractivity contribution is 5.40. The van der Waals surface area contributed by atoms with Crippen LogP contribution in [0.15, 0.2) is 18.2 Å². The second kappa shape index (κ2) is 6.76. The van der Waals surface area contributed by atoms with Gasteiger partial charge in [0.15, 0.2) is 0 Å². The van der Waals surface area contributed by atoms with Crippen molar-refractivity contribution in [3.63, 3.8) is 0 Å². The highest BCUT2D eigenvalue weighted by Crippen LogP contribution is 2.21. The highest BCUT2D eigenvalue weighted by atomic mass is 19.1. The topological polar surface area (TPSA) is 58.4 Å². The molecule has 1 aromatic carbocycles. The Balaban J connectivity index is 2.00. The van der Waals surface area contributed by atoms with Crippen LogP contribution in [-0.2, 0) is 6.54 Å². The predicted octanol–water partition coefficient (Wildman–Crippen LogP) is 2.17. The van der Waals surface area contributed by atoms with Crippen LogP contribution in [0.5, 0.6) is 0 Å². The fourth-order valence-electron chi connectivity index (χ4n) is 2.73. The van der Waals surface area contributed by atoms with Crippen LogP contribution >= 0.6 is 0 Å². The summed E-state index contributed by atoms with van der Waals surface area (Å²) in [6, 6.07) is 3.63. The van der Waals surface area contributed by atoms with Crippen LogP contribution in [0.1, 0.15) is 18.4 Å². The SMILES string of the molecule is CN(Cc1cc(F)ccc1[N+](=O)[O-])CC1CCCNC1. The third kappa shape index (κ3) is 3.98. The molecule has 6 heteroatoms. The monoisotopic (exact) mass is 281 g/mol. The summed E-state index contributed by atoms with van der Waals surface area (Å²) in [5.74, 6) is 0.125. The van der Waals surface area contributed by atoms with Crippen LogP contribution in [0.4, 0.5) is 10.1 Å². The number of halogens is 1. The first kappa shape index (κ1) is 14.9. The maximum absolute atomic E-state index is 13.3. The standard InChI is InChI=1S/C14H20FN3O2/c1-17(9-11-3-2-6-16-8-11)10-12-7-13(15)4-5-14(12)18(19)20/h4-5,7,11,16H,2-3,6,8-10H2,1H3. The minimum Gasteiger partial charge on any atom is -0.316 e. The van der Waals surface area contributed by atoms with Crippen LogP contribution in [0, 0.1) is 21.8 Å². The van der Waals surface area contributed by atoms with E-state index in [1.165, 1.54) is 25.0 Å². The fourth-order valence-corrected chi connectivity index (χ4v) is 2.73. The first-order valence-corrected chi connectivity index (χ1v) is 6.88. The molecule has 1 saturated heterocycles. The first-order chi connectivity index (χ1) is 9.56. The number of nitrogens with one attached hydrogen (secondary N) is 1. The number of benzene rings is 1. The van der Waals surface area contributed by atoms with Crippen LogP contribution in [0.2, 0.25) is 0 Å². The number of rotatable bonds is 5. The quantitative estimate of drug-likeness (QED) is 0.664. The third-order valence-electron chi connectivity index (χ3n) is 3.65. The van der Waals surface area contributed by atoms with Crippen molar-refractivity contribution in [3.05, 3.63) is 39.7 Å².